The minimum Gasteiger partial charge on any atom is -0.309 e. The van der Waals surface area contributed by atoms with Gasteiger partial charge in [0, 0.05) is 48.4 Å². The highest BCUT2D eigenvalue weighted by molar-refractivity contribution is 7.26. The second-order valence-corrected chi connectivity index (χ2v) is 14.4. The molecule has 51 heavy (non-hydrogen) atoms. The van der Waals surface area contributed by atoms with Gasteiger partial charge in [-0.25, -0.2) is 0 Å². The number of aromatic nitrogens is 2. The molecule has 11 rings (SSSR count). The minimum absolute atomic E-state index is 1.15. The fraction of sp³-hybridized carbons (Fsp3) is 0. The van der Waals surface area contributed by atoms with Crippen LogP contribution >= 0.6 is 11.3 Å². The van der Waals surface area contributed by atoms with Gasteiger partial charge >= 0.3 is 0 Å². The first-order chi connectivity index (χ1) is 25.3. The molecule has 0 atom stereocenters. The second kappa shape index (κ2) is 11.0. The summed E-state index contributed by atoms with van der Waals surface area (Å²) < 4.78 is 7.60. The molecular weight excluding hydrogens is 637 g/mol. The van der Waals surface area contributed by atoms with Gasteiger partial charge in [0.1, 0.15) is 0 Å². The van der Waals surface area contributed by atoms with Gasteiger partial charge in [-0.15, -0.1) is 11.3 Å². The van der Waals surface area contributed by atoms with E-state index in [1.54, 1.807) is 0 Å². The van der Waals surface area contributed by atoms with E-state index >= 15 is 0 Å². The van der Waals surface area contributed by atoms with Crippen LogP contribution in [-0.2, 0) is 0 Å². The van der Waals surface area contributed by atoms with Gasteiger partial charge in [0.15, 0.2) is 0 Å². The molecule has 3 heteroatoms. The Balaban J connectivity index is 1.18. The predicted molar refractivity (Wildman–Crippen MR) is 219 cm³/mol. The van der Waals surface area contributed by atoms with E-state index in [9.17, 15) is 0 Å². The molecule has 0 aliphatic rings. The van der Waals surface area contributed by atoms with Crippen molar-refractivity contribution in [1.82, 2.24) is 9.13 Å². The van der Waals surface area contributed by atoms with Crippen LogP contribution in [0.4, 0.5) is 0 Å². The standard InChI is InChI=1S/C48H30N2S/c1-3-12-31(13-4-1)32-22-24-33(25-23-32)34-14-11-17-36(28-34)49-43-20-9-7-18-37(43)41-29-42-39-26-27-40-38-19-8-10-21-46(38)51-48(40)47(39)50(45(42)30-44(41)49)35-15-5-2-6-16-35/h1-30H. The zero-order chi connectivity index (χ0) is 33.5. The Hall–Kier alpha value is -6.42. The summed E-state index contributed by atoms with van der Waals surface area (Å²) in [6, 6.07) is 66.5. The molecule has 0 spiro atoms. The van der Waals surface area contributed by atoms with Gasteiger partial charge in [0.2, 0.25) is 0 Å². The number of hydrogen-bond acceptors (Lipinski definition) is 1. The summed E-state index contributed by atoms with van der Waals surface area (Å²) in [6.07, 6.45) is 0. The summed E-state index contributed by atoms with van der Waals surface area (Å²) in [5.74, 6) is 0. The van der Waals surface area contributed by atoms with E-state index in [1.165, 1.54) is 91.7 Å². The molecule has 3 heterocycles. The van der Waals surface area contributed by atoms with Gasteiger partial charge in [0.25, 0.3) is 0 Å². The van der Waals surface area contributed by atoms with E-state index in [0.29, 0.717) is 0 Å². The smallest absolute Gasteiger partial charge is 0.0719 e. The Morgan fingerprint density at radius 1 is 0.314 bits per heavy atom. The summed E-state index contributed by atoms with van der Waals surface area (Å²) in [7, 11) is 0. The van der Waals surface area contributed by atoms with Gasteiger partial charge in [-0.1, -0.05) is 133 Å². The van der Waals surface area contributed by atoms with Crippen LogP contribution in [0.2, 0.25) is 0 Å². The lowest BCUT2D eigenvalue weighted by atomic mass is 10.00. The van der Waals surface area contributed by atoms with Crippen LogP contribution in [0.25, 0.3) is 97.4 Å². The number of para-hydroxylation sites is 2. The summed E-state index contributed by atoms with van der Waals surface area (Å²) >= 11 is 1.90. The Bertz CT molecular complexity index is 3110. The zero-order valence-corrected chi connectivity index (χ0v) is 28.4. The third-order valence-corrected chi connectivity index (χ3v) is 11.7. The summed E-state index contributed by atoms with van der Waals surface area (Å²) in [4.78, 5) is 0. The Morgan fingerprint density at radius 3 is 1.73 bits per heavy atom. The normalized spacial score (nSPS) is 11.9. The Morgan fingerprint density at radius 2 is 0.902 bits per heavy atom. The van der Waals surface area contributed by atoms with Crippen molar-refractivity contribution in [3.8, 4) is 33.6 Å². The molecule has 0 aliphatic carbocycles. The Labute approximate surface area is 298 Å². The molecule has 0 saturated carbocycles. The number of rotatable bonds is 4. The van der Waals surface area contributed by atoms with Crippen LogP contribution in [0.5, 0.6) is 0 Å². The van der Waals surface area contributed by atoms with E-state index in [4.69, 9.17) is 0 Å². The summed E-state index contributed by atoms with van der Waals surface area (Å²) in [5, 5.41) is 7.72. The Kier molecular flexibility index (Phi) is 6.16. The highest BCUT2D eigenvalue weighted by Crippen LogP contribution is 2.45. The van der Waals surface area contributed by atoms with Gasteiger partial charge in [0.05, 0.1) is 26.8 Å². The highest BCUT2D eigenvalue weighted by Gasteiger charge is 2.21. The van der Waals surface area contributed by atoms with Gasteiger partial charge in [-0.2, -0.15) is 0 Å². The predicted octanol–water partition coefficient (Wildman–Crippen LogP) is 13.6. The van der Waals surface area contributed by atoms with Crippen LogP contribution in [0, 0.1) is 0 Å². The molecule has 0 amide bonds. The zero-order valence-electron chi connectivity index (χ0n) is 27.6. The first-order valence-electron chi connectivity index (χ1n) is 17.4. The van der Waals surface area contributed by atoms with E-state index in [2.05, 4.69) is 191 Å². The molecule has 0 N–H and O–H groups in total. The van der Waals surface area contributed by atoms with Gasteiger partial charge in [-0.3, -0.25) is 0 Å². The monoisotopic (exact) mass is 666 g/mol. The summed E-state index contributed by atoms with van der Waals surface area (Å²) in [6.45, 7) is 0. The maximum Gasteiger partial charge on any atom is 0.0719 e. The molecule has 0 radical (unpaired) electrons. The first-order valence-corrected chi connectivity index (χ1v) is 18.3. The molecule has 3 aromatic heterocycles. The number of benzene rings is 8. The number of fused-ring (bicyclic) bond motifs is 10. The minimum atomic E-state index is 1.15. The quantitative estimate of drug-likeness (QED) is 0.177. The van der Waals surface area contributed by atoms with Crippen LogP contribution < -0.4 is 0 Å². The van der Waals surface area contributed by atoms with E-state index in [0.717, 1.165) is 5.69 Å². The van der Waals surface area contributed by atoms with E-state index in [-0.39, 0.29) is 0 Å². The number of hydrogen-bond donors (Lipinski definition) is 0. The summed E-state index contributed by atoms with van der Waals surface area (Å²) in [5.41, 5.74) is 12.1. The lowest BCUT2D eigenvalue weighted by Crippen LogP contribution is -1.96. The molecule has 2 nitrogen and oxygen atoms in total. The third-order valence-electron chi connectivity index (χ3n) is 10.5. The van der Waals surface area contributed by atoms with Crippen molar-refractivity contribution < 1.29 is 0 Å². The van der Waals surface area contributed by atoms with Crippen molar-refractivity contribution in [1.29, 1.82) is 0 Å². The SMILES string of the molecule is c1ccc(-c2ccc(-c3cccc(-n4c5ccccc5c5cc6c7ccc8c9ccccc9sc8c7n(-c7ccccc7)c6cc54)c3)cc2)cc1. The van der Waals surface area contributed by atoms with Crippen molar-refractivity contribution in [3.05, 3.63) is 182 Å². The van der Waals surface area contributed by atoms with Crippen molar-refractivity contribution in [3.63, 3.8) is 0 Å². The topological polar surface area (TPSA) is 9.86 Å². The second-order valence-electron chi connectivity index (χ2n) is 13.3. The average molecular weight is 667 g/mol. The van der Waals surface area contributed by atoms with E-state index in [1.807, 2.05) is 11.3 Å². The van der Waals surface area contributed by atoms with Crippen molar-refractivity contribution in [2.75, 3.05) is 0 Å². The van der Waals surface area contributed by atoms with Gasteiger partial charge < -0.3 is 9.13 Å². The lowest BCUT2D eigenvalue weighted by molar-refractivity contribution is 1.17. The average Bonchev–Trinajstić information content (AvgIpc) is 3.85. The maximum absolute atomic E-state index is 2.49. The molecule has 0 bridgehead atoms. The van der Waals surface area contributed by atoms with E-state index < -0.39 is 0 Å². The van der Waals surface area contributed by atoms with Crippen LogP contribution in [0.1, 0.15) is 0 Å². The largest absolute Gasteiger partial charge is 0.309 e. The van der Waals surface area contributed by atoms with Gasteiger partial charge in [-0.05, 0) is 70.8 Å². The van der Waals surface area contributed by atoms with Crippen molar-refractivity contribution in [2.24, 2.45) is 0 Å². The van der Waals surface area contributed by atoms with Crippen LogP contribution in [-0.4, -0.2) is 9.13 Å². The molecular formula is C48H30N2S. The molecule has 0 aliphatic heterocycles. The van der Waals surface area contributed by atoms with Crippen LogP contribution in [0.15, 0.2) is 182 Å². The molecule has 11 aromatic rings. The van der Waals surface area contributed by atoms with Crippen molar-refractivity contribution >= 4 is 75.1 Å². The maximum atomic E-state index is 2.49. The molecule has 0 saturated heterocycles. The van der Waals surface area contributed by atoms with Crippen molar-refractivity contribution in [2.45, 2.75) is 0 Å². The first kappa shape index (κ1) is 28.4. The number of thiophene rings is 1. The molecule has 238 valence electrons. The third kappa shape index (κ3) is 4.29. The lowest BCUT2D eigenvalue weighted by Gasteiger charge is -2.12. The number of nitrogens with zero attached hydrogens (tertiary/aromatic N) is 2. The highest BCUT2D eigenvalue weighted by atomic mass is 32.1. The fourth-order valence-electron chi connectivity index (χ4n) is 8.17. The molecule has 0 unspecified atom stereocenters. The fourth-order valence-corrected chi connectivity index (χ4v) is 9.41. The van der Waals surface area contributed by atoms with Crippen LogP contribution in [0.3, 0.4) is 0 Å². The molecule has 0 fully saturated rings. The molecule has 8 aromatic carbocycles.